The number of nitrogens with one attached hydrogen (secondary N) is 1. The highest BCUT2D eigenvalue weighted by Crippen LogP contribution is 2.48. The van der Waals surface area contributed by atoms with E-state index in [2.05, 4.69) is 65.1 Å². The third-order valence-electron chi connectivity index (χ3n) is 8.23. The van der Waals surface area contributed by atoms with E-state index in [1.807, 2.05) is 25.3 Å². The number of anilines is 2. The average molecular weight is 487 g/mol. The molecule has 2 aliphatic heterocycles. The molecule has 0 bridgehead atoms. The summed E-state index contributed by atoms with van der Waals surface area (Å²) in [5.41, 5.74) is 6.52. The minimum atomic E-state index is -0.445. The lowest BCUT2D eigenvalue weighted by Crippen LogP contribution is -2.29. The molecule has 4 heterocycles. The first-order chi connectivity index (χ1) is 17.3. The van der Waals surface area contributed by atoms with Gasteiger partial charge in [0.25, 0.3) is 0 Å². The Labute approximate surface area is 213 Å². The molecule has 0 amide bonds. The predicted molar refractivity (Wildman–Crippen MR) is 144 cm³/mol. The second kappa shape index (κ2) is 9.69. The van der Waals surface area contributed by atoms with Crippen LogP contribution < -0.4 is 5.32 Å². The van der Waals surface area contributed by atoms with Crippen LogP contribution in [0.3, 0.4) is 0 Å². The molecule has 0 unspecified atom stereocenters. The number of aliphatic imine (C=N–C) groups is 1. The Morgan fingerprint density at radius 3 is 2.47 bits per heavy atom. The normalized spacial score (nSPS) is 17.7. The molecular weight excluding hydrogens is 451 g/mol. The molecule has 2 aromatic heterocycles. The summed E-state index contributed by atoms with van der Waals surface area (Å²) < 4.78 is 15.0. The van der Waals surface area contributed by atoms with Crippen molar-refractivity contribution in [3.05, 3.63) is 59.2 Å². The highest BCUT2D eigenvalue weighted by atomic mass is 19.1. The van der Waals surface area contributed by atoms with Gasteiger partial charge in [0, 0.05) is 22.9 Å². The van der Waals surface area contributed by atoms with Gasteiger partial charge in [-0.05, 0) is 100 Å². The van der Waals surface area contributed by atoms with Crippen LogP contribution >= 0.6 is 0 Å². The van der Waals surface area contributed by atoms with Crippen molar-refractivity contribution in [3.63, 3.8) is 0 Å². The van der Waals surface area contributed by atoms with E-state index in [1.54, 1.807) is 0 Å². The van der Waals surface area contributed by atoms with Crippen molar-refractivity contribution >= 4 is 23.2 Å². The number of nitrogens with zero attached hydrogens (tertiary/aromatic N) is 5. The molecule has 0 radical (unpaired) electrons. The van der Waals surface area contributed by atoms with E-state index < -0.39 is 5.82 Å². The van der Waals surface area contributed by atoms with Crippen LogP contribution in [0.5, 0.6) is 0 Å². The van der Waals surface area contributed by atoms with Gasteiger partial charge < -0.3 is 10.2 Å². The highest BCUT2D eigenvalue weighted by molar-refractivity contribution is 6.01. The van der Waals surface area contributed by atoms with Crippen molar-refractivity contribution < 1.29 is 4.39 Å². The molecule has 1 fully saturated rings. The molecule has 7 heteroatoms. The Hall–Kier alpha value is -3.19. The topological polar surface area (TPSA) is 66.3 Å². The van der Waals surface area contributed by atoms with Gasteiger partial charge in [-0.15, -0.1) is 0 Å². The van der Waals surface area contributed by atoms with Crippen molar-refractivity contribution in [2.75, 3.05) is 25.5 Å². The molecular formula is C29H35FN6. The van der Waals surface area contributed by atoms with Crippen molar-refractivity contribution in [2.45, 2.75) is 64.7 Å². The second-order valence-electron chi connectivity index (χ2n) is 10.2. The summed E-state index contributed by atoms with van der Waals surface area (Å²) in [7, 11) is 2.17. The van der Waals surface area contributed by atoms with Gasteiger partial charge >= 0.3 is 0 Å². The number of aromatic nitrogens is 3. The van der Waals surface area contributed by atoms with Crippen LogP contribution in [0.15, 0.2) is 41.7 Å². The molecule has 0 spiro atoms. The van der Waals surface area contributed by atoms with E-state index in [-0.39, 0.29) is 11.1 Å². The Balaban J connectivity index is 1.41. The van der Waals surface area contributed by atoms with Crippen LogP contribution in [-0.2, 0) is 5.41 Å². The summed E-state index contributed by atoms with van der Waals surface area (Å²) in [6.07, 6.45) is 7.37. The third kappa shape index (κ3) is 4.30. The molecule has 1 aromatic carbocycles. The minimum Gasteiger partial charge on any atom is -0.309 e. The van der Waals surface area contributed by atoms with E-state index in [0.717, 1.165) is 61.3 Å². The van der Waals surface area contributed by atoms with Crippen molar-refractivity contribution in [3.8, 4) is 11.3 Å². The number of hydrogen-bond donors (Lipinski definition) is 1. The zero-order chi connectivity index (χ0) is 25.4. The van der Waals surface area contributed by atoms with Crippen molar-refractivity contribution in [1.82, 2.24) is 19.9 Å². The summed E-state index contributed by atoms with van der Waals surface area (Å²) in [5.74, 6) is 1.08. The van der Waals surface area contributed by atoms with E-state index in [9.17, 15) is 4.39 Å². The highest BCUT2D eigenvalue weighted by Gasteiger charge is 2.39. The molecule has 188 valence electrons. The molecule has 2 aliphatic rings. The van der Waals surface area contributed by atoms with Gasteiger partial charge in [-0.1, -0.05) is 19.9 Å². The number of benzene rings is 1. The van der Waals surface area contributed by atoms with E-state index >= 15 is 0 Å². The molecule has 0 aliphatic carbocycles. The lowest BCUT2D eigenvalue weighted by molar-refractivity contribution is 0.255. The lowest BCUT2D eigenvalue weighted by Gasteiger charge is -2.29. The Morgan fingerprint density at radius 2 is 1.81 bits per heavy atom. The van der Waals surface area contributed by atoms with Gasteiger partial charge in [0.15, 0.2) is 5.82 Å². The summed E-state index contributed by atoms with van der Waals surface area (Å²) >= 11 is 0. The molecule has 1 saturated heterocycles. The summed E-state index contributed by atoms with van der Waals surface area (Å²) in [6.45, 7) is 10.7. The van der Waals surface area contributed by atoms with Crippen molar-refractivity contribution in [1.29, 1.82) is 0 Å². The zero-order valence-corrected chi connectivity index (χ0v) is 21.9. The first kappa shape index (κ1) is 24.5. The smallest absolute Gasteiger partial charge is 0.229 e. The number of halogens is 1. The second-order valence-corrected chi connectivity index (χ2v) is 10.2. The summed E-state index contributed by atoms with van der Waals surface area (Å²) in [6, 6.07) is 8.12. The van der Waals surface area contributed by atoms with Crippen LogP contribution in [0.4, 0.5) is 21.8 Å². The first-order valence-corrected chi connectivity index (χ1v) is 13.0. The fourth-order valence-electron chi connectivity index (χ4n) is 5.85. The number of fused-ring (bicyclic) bond motifs is 1. The first-order valence-electron chi connectivity index (χ1n) is 13.0. The fourth-order valence-corrected chi connectivity index (χ4v) is 5.85. The Kier molecular flexibility index (Phi) is 6.60. The van der Waals surface area contributed by atoms with E-state index in [0.29, 0.717) is 17.7 Å². The molecule has 0 saturated carbocycles. The van der Waals surface area contributed by atoms with Gasteiger partial charge in [0.2, 0.25) is 5.95 Å². The molecule has 5 rings (SSSR count). The van der Waals surface area contributed by atoms with Crippen LogP contribution in [0.2, 0.25) is 0 Å². The molecule has 1 N–H and O–H groups in total. The maximum Gasteiger partial charge on any atom is 0.229 e. The average Bonchev–Trinajstić information content (AvgIpc) is 3.18. The number of likely N-dealkylation sites (tertiary alicyclic amines) is 1. The van der Waals surface area contributed by atoms with Gasteiger partial charge in [-0.25, -0.2) is 19.3 Å². The number of hydrogen-bond acceptors (Lipinski definition) is 6. The third-order valence-corrected chi connectivity index (χ3v) is 8.23. The predicted octanol–water partition coefficient (Wildman–Crippen LogP) is 6.70. The molecule has 0 atom stereocenters. The molecule has 36 heavy (non-hydrogen) atoms. The Bertz CT molecular complexity index is 1290. The molecule has 3 aromatic rings. The van der Waals surface area contributed by atoms with Gasteiger partial charge in [0.05, 0.1) is 11.9 Å². The molecule has 6 nitrogen and oxygen atoms in total. The monoisotopic (exact) mass is 486 g/mol. The SMILES string of the molecule is CCC1(CC)C(C)=Nc2c(C)cc(-c3nc(Nc4ccc(C5CCN(C)CC5)cn4)ncc3F)cc21. The van der Waals surface area contributed by atoms with Crippen LogP contribution in [0.1, 0.15) is 69.1 Å². The fraction of sp³-hybridized carbons (Fsp3) is 0.448. The van der Waals surface area contributed by atoms with Crippen LogP contribution in [0.25, 0.3) is 11.3 Å². The maximum atomic E-state index is 15.0. The minimum absolute atomic E-state index is 0.111. The van der Waals surface area contributed by atoms with E-state index in [4.69, 9.17) is 4.99 Å². The lowest BCUT2D eigenvalue weighted by atomic mass is 9.73. The largest absolute Gasteiger partial charge is 0.309 e. The quantitative estimate of drug-likeness (QED) is 0.420. The van der Waals surface area contributed by atoms with Gasteiger partial charge in [-0.2, -0.15) is 0 Å². The summed E-state index contributed by atoms with van der Waals surface area (Å²) in [4.78, 5) is 20.6. The zero-order valence-electron chi connectivity index (χ0n) is 21.9. The van der Waals surface area contributed by atoms with E-state index in [1.165, 1.54) is 17.3 Å². The number of pyridine rings is 1. The van der Waals surface area contributed by atoms with Crippen LogP contribution in [0, 0.1) is 12.7 Å². The van der Waals surface area contributed by atoms with Crippen LogP contribution in [-0.4, -0.2) is 45.7 Å². The van der Waals surface area contributed by atoms with Gasteiger partial charge in [0.1, 0.15) is 11.5 Å². The number of piperidine rings is 1. The number of aryl methyl sites for hydroxylation is 1. The maximum absolute atomic E-state index is 15.0. The summed E-state index contributed by atoms with van der Waals surface area (Å²) in [5, 5.41) is 3.16. The van der Waals surface area contributed by atoms with Gasteiger partial charge in [-0.3, -0.25) is 4.99 Å². The standard InChI is InChI=1S/C29H35FN6/c1-6-29(7-2)19(4)33-26-18(3)14-22(15-23(26)29)27-24(30)17-32-28(35-27)34-25-9-8-21(16-31-25)20-10-12-36(5)13-11-20/h8-9,14-17,20H,6-7,10-13H2,1-5H3,(H,31,32,34,35). The van der Waals surface area contributed by atoms with Crippen molar-refractivity contribution in [2.24, 2.45) is 4.99 Å². The Morgan fingerprint density at radius 1 is 1.06 bits per heavy atom. The number of rotatable bonds is 6.